The summed E-state index contributed by atoms with van der Waals surface area (Å²) >= 11 is 2.57. The van der Waals surface area contributed by atoms with Gasteiger partial charge in [-0.3, -0.25) is 9.59 Å². The molecule has 0 aliphatic rings. The molecule has 0 radical (unpaired) electrons. The van der Waals surface area contributed by atoms with Crippen LogP contribution in [0.3, 0.4) is 0 Å². The Morgan fingerprint density at radius 2 is 1.90 bits per heavy atom. The van der Waals surface area contributed by atoms with E-state index in [-0.39, 0.29) is 12.4 Å². The summed E-state index contributed by atoms with van der Waals surface area (Å²) in [5.41, 5.74) is 2.76. The first kappa shape index (κ1) is 17.6. The fourth-order valence-corrected chi connectivity index (χ4v) is 3.48. The molecular formula is C12H15BrN2O5S. The van der Waals surface area contributed by atoms with Gasteiger partial charge >= 0.3 is 10.8 Å². The highest BCUT2D eigenvalue weighted by Crippen LogP contribution is 2.11. The fraction of sp³-hybridized carbons (Fsp3) is 0.333. The van der Waals surface area contributed by atoms with Crippen molar-refractivity contribution in [2.75, 3.05) is 13.2 Å². The first-order valence-corrected chi connectivity index (χ1v) is 8.42. The summed E-state index contributed by atoms with van der Waals surface area (Å²) in [5, 5.41) is 0. The van der Waals surface area contributed by atoms with Crippen molar-refractivity contribution in [1.82, 2.24) is 9.84 Å². The lowest BCUT2D eigenvalue weighted by atomic mass is 10.2. The third kappa shape index (κ3) is 5.82. The number of rotatable bonds is 7. The van der Waals surface area contributed by atoms with Gasteiger partial charge < -0.3 is 4.74 Å². The van der Waals surface area contributed by atoms with Crippen LogP contribution in [0, 0.1) is 0 Å². The summed E-state index contributed by atoms with van der Waals surface area (Å²) in [6.45, 7) is 1.36. The zero-order valence-corrected chi connectivity index (χ0v) is 13.7. The van der Waals surface area contributed by atoms with Crippen LogP contribution >= 0.6 is 15.9 Å². The fourth-order valence-electron chi connectivity index (χ4n) is 1.47. The number of nitrogens with zero attached hydrogens (tertiary/aromatic N) is 1. The van der Waals surface area contributed by atoms with Crippen LogP contribution in [0.15, 0.2) is 30.3 Å². The predicted octanol–water partition coefficient (Wildman–Crippen LogP) is 1.40. The summed E-state index contributed by atoms with van der Waals surface area (Å²) < 4.78 is 29.4. The van der Waals surface area contributed by atoms with Crippen molar-refractivity contribution in [2.45, 2.75) is 12.7 Å². The van der Waals surface area contributed by atoms with Gasteiger partial charge in [0.05, 0.1) is 12.4 Å². The molecule has 0 heterocycles. The second-order valence-electron chi connectivity index (χ2n) is 3.90. The van der Waals surface area contributed by atoms with Crippen LogP contribution in [0.2, 0.25) is 0 Å². The van der Waals surface area contributed by atoms with Gasteiger partial charge in [-0.1, -0.05) is 30.3 Å². The highest BCUT2D eigenvalue weighted by atomic mass is 79.9. The number of amides is 1. The Labute approximate surface area is 131 Å². The number of hydrogen-bond acceptors (Lipinski definition) is 6. The summed E-state index contributed by atoms with van der Waals surface area (Å²) in [4.78, 5) is 21.7. The van der Waals surface area contributed by atoms with Crippen LogP contribution in [0.25, 0.3) is 0 Å². The van der Waals surface area contributed by atoms with E-state index >= 15 is 0 Å². The summed E-state index contributed by atoms with van der Waals surface area (Å²) in [5.74, 6) is -1.03. The summed E-state index contributed by atoms with van der Waals surface area (Å²) in [6, 6.07) is 8.39. The van der Waals surface area contributed by atoms with E-state index in [9.17, 15) is 18.0 Å². The summed E-state index contributed by atoms with van der Waals surface area (Å²) in [6.07, 6.45) is 0. The number of carbonyl (C=O) groups excluding carboxylic acids is 2. The molecule has 1 amide bonds. The molecule has 0 atom stereocenters. The number of hydrazine groups is 1. The molecule has 0 aromatic heterocycles. The van der Waals surface area contributed by atoms with Crippen LogP contribution in [0.4, 0.5) is 4.79 Å². The maximum atomic E-state index is 12.2. The van der Waals surface area contributed by atoms with Gasteiger partial charge in [0.2, 0.25) is 0 Å². The van der Waals surface area contributed by atoms with Crippen LogP contribution in [0.1, 0.15) is 12.5 Å². The van der Waals surface area contributed by atoms with Crippen LogP contribution in [-0.4, -0.2) is 36.8 Å². The molecule has 0 aliphatic carbocycles. The Hall–Kier alpha value is -1.45. The van der Waals surface area contributed by atoms with Crippen LogP contribution in [0.5, 0.6) is 0 Å². The zero-order valence-electron chi connectivity index (χ0n) is 11.3. The van der Waals surface area contributed by atoms with E-state index in [1.54, 1.807) is 37.3 Å². The van der Waals surface area contributed by atoms with Crippen LogP contribution < -0.4 is 5.43 Å². The number of halogens is 1. The first-order valence-electron chi connectivity index (χ1n) is 6.02. The van der Waals surface area contributed by atoms with Gasteiger partial charge in [-0.15, -0.1) is 0 Å². The molecule has 0 unspecified atom stereocenters. The average molecular weight is 379 g/mol. The van der Waals surface area contributed by atoms with Crippen molar-refractivity contribution in [3.05, 3.63) is 35.9 Å². The van der Waals surface area contributed by atoms with E-state index < -0.39 is 27.4 Å². The van der Waals surface area contributed by atoms with Crippen molar-refractivity contribution in [2.24, 2.45) is 0 Å². The van der Waals surface area contributed by atoms with Gasteiger partial charge in [-0.25, -0.2) is 13.8 Å². The molecule has 1 aromatic carbocycles. The summed E-state index contributed by atoms with van der Waals surface area (Å²) in [7, 11) is -3.97. The minimum atomic E-state index is -3.97. The number of hydrogen-bond donors (Lipinski definition) is 1. The lowest BCUT2D eigenvalue weighted by molar-refractivity contribution is -0.142. The standard InChI is InChI=1S/C12H15BrN2O5S/c1-2-20-11(16)8-14-15(12(13)17)21(18,19)9-10-6-4-3-5-7-10/h3-7,14H,2,8-9H2,1H3. The lowest BCUT2D eigenvalue weighted by Crippen LogP contribution is -2.47. The van der Waals surface area contributed by atoms with Crippen molar-refractivity contribution in [1.29, 1.82) is 0 Å². The normalized spacial score (nSPS) is 11.0. The Morgan fingerprint density at radius 1 is 1.29 bits per heavy atom. The maximum absolute atomic E-state index is 12.2. The Balaban J connectivity index is 2.79. The number of benzene rings is 1. The van der Waals surface area contributed by atoms with Gasteiger partial charge in [-0.2, -0.15) is 4.41 Å². The molecule has 0 saturated heterocycles. The molecule has 21 heavy (non-hydrogen) atoms. The topological polar surface area (TPSA) is 92.8 Å². The minimum Gasteiger partial charge on any atom is -0.465 e. The quantitative estimate of drug-likeness (QED) is 0.333. The monoisotopic (exact) mass is 378 g/mol. The third-order valence-corrected chi connectivity index (χ3v) is 4.44. The largest absolute Gasteiger partial charge is 0.465 e. The Bertz CT molecular complexity index is 591. The SMILES string of the molecule is CCOC(=O)CNN(C(=O)Br)S(=O)(=O)Cc1ccccc1. The number of sulfonamides is 1. The van der Waals surface area contributed by atoms with E-state index in [1.807, 2.05) is 0 Å². The van der Waals surface area contributed by atoms with Crippen molar-refractivity contribution < 1.29 is 22.7 Å². The highest BCUT2D eigenvalue weighted by Gasteiger charge is 2.27. The maximum Gasteiger partial charge on any atom is 0.321 e. The molecule has 0 spiro atoms. The molecule has 0 saturated carbocycles. The van der Waals surface area contributed by atoms with Gasteiger partial charge in [0, 0.05) is 15.9 Å². The molecule has 0 fully saturated rings. The number of carbonyl (C=O) groups is 2. The molecule has 9 heteroatoms. The van der Waals surface area contributed by atoms with E-state index in [2.05, 4.69) is 26.1 Å². The van der Waals surface area contributed by atoms with Crippen LogP contribution in [-0.2, 0) is 25.3 Å². The van der Waals surface area contributed by atoms with E-state index in [1.165, 1.54) is 0 Å². The van der Waals surface area contributed by atoms with Gasteiger partial charge in [0.15, 0.2) is 0 Å². The van der Waals surface area contributed by atoms with E-state index in [0.717, 1.165) is 0 Å². The van der Waals surface area contributed by atoms with Crippen molar-refractivity contribution in [3.63, 3.8) is 0 Å². The number of esters is 1. The molecule has 1 aromatic rings. The average Bonchev–Trinajstić information content (AvgIpc) is 2.39. The first-order chi connectivity index (χ1) is 9.86. The molecule has 1 rings (SSSR count). The predicted molar refractivity (Wildman–Crippen MR) is 79.9 cm³/mol. The lowest BCUT2D eigenvalue weighted by Gasteiger charge is -2.20. The molecule has 0 aliphatic heterocycles. The van der Waals surface area contributed by atoms with E-state index in [4.69, 9.17) is 0 Å². The molecule has 116 valence electrons. The number of ether oxygens (including phenoxy) is 1. The zero-order chi connectivity index (χ0) is 15.9. The van der Waals surface area contributed by atoms with Gasteiger partial charge in [0.25, 0.3) is 10.0 Å². The molecule has 7 nitrogen and oxygen atoms in total. The van der Waals surface area contributed by atoms with Crippen molar-refractivity contribution in [3.8, 4) is 0 Å². The second kappa shape index (κ2) is 8.11. The Kier molecular flexibility index (Phi) is 6.79. The molecular weight excluding hydrogens is 364 g/mol. The highest BCUT2D eigenvalue weighted by molar-refractivity contribution is 9.18. The molecule has 1 N–H and O–H groups in total. The second-order valence-corrected chi connectivity index (χ2v) is 6.40. The smallest absolute Gasteiger partial charge is 0.321 e. The minimum absolute atomic E-state index is 0.166. The van der Waals surface area contributed by atoms with Crippen molar-refractivity contribution >= 4 is 36.7 Å². The molecule has 0 bridgehead atoms. The van der Waals surface area contributed by atoms with E-state index in [0.29, 0.717) is 9.98 Å². The third-order valence-electron chi connectivity index (χ3n) is 2.30. The number of nitrogens with one attached hydrogen (secondary N) is 1. The van der Waals surface area contributed by atoms with Gasteiger partial charge in [0.1, 0.15) is 6.54 Å². The van der Waals surface area contributed by atoms with Gasteiger partial charge in [-0.05, 0) is 12.5 Å². The Morgan fingerprint density at radius 3 is 2.43 bits per heavy atom.